The van der Waals surface area contributed by atoms with Gasteiger partial charge in [-0.3, -0.25) is 9.59 Å². The number of nitrogens with zero attached hydrogens (tertiary/aromatic N) is 3. The van der Waals surface area contributed by atoms with Crippen LogP contribution in [0, 0.1) is 17.3 Å². The molecule has 0 bridgehead atoms. The van der Waals surface area contributed by atoms with Crippen molar-refractivity contribution in [3.63, 3.8) is 0 Å². The van der Waals surface area contributed by atoms with E-state index in [1.165, 1.54) is 12.8 Å². The van der Waals surface area contributed by atoms with E-state index < -0.39 is 0 Å². The Hall–Kier alpha value is -1.85. The summed E-state index contributed by atoms with van der Waals surface area (Å²) in [6, 6.07) is -0.281. The van der Waals surface area contributed by atoms with E-state index in [0.717, 1.165) is 5.82 Å². The second-order valence-electron chi connectivity index (χ2n) is 7.39. The van der Waals surface area contributed by atoms with E-state index in [2.05, 4.69) is 24.1 Å². The van der Waals surface area contributed by atoms with Gasteiger partial charge in [0.1, 0.15) is 11.9 Å². The molecule has 1 saturated heterocycles. The summed E-state index contributed by atoms with van der Waals surface area (Å²) in [5.41, 5.74) is 0.267. The minimum Gasteiger partial charge on any atom is -0.355 e. The zero-order chi connectivity index (χ0) is 16.8. The van der Waals surface area contributed by atoms with E-state index in [9.17, 15) is 9.59 Å². The summed E-state index contributed by atoms with van der Waals surface area (Å²) < 4.78 is 1.89. The molecule has 0 unspecified atom stereocenters. The topological polar surface area (TPSA) is 67.2 Å². The van der Waals surface area contributed by atoms with E-state index in [1.54, 1.807) is 18.1 Å². The normalized spacial score (nSPS) is 26.0. The maximum atomic E-state index is 12.7. The predicted molar refractivity (Wildman–Crippen MR) is 86.3 cm³/mol. The monoisotopic (exact) mass is 318 g/mol. The Bertz CT molecular complexity index is 618. The highest BCUT2D eigenvalue weighted by atomic mass is 16.2. The molecule has 2 fully saturated rings. The fraction of sp³-hybridized carbons (Fsp3) is 0.706. The lowest BCUT2D eigenvalue weighted by atomic mass is 9.91. The number of carbonyl (C=O) groups excluding carboxylic acids is 2. The van der Waals surface area contributed by atoms with Gasteiger partial charge in [0.2, 0.25) is 11.8 Å². The number of rotatable bonds is 5. The second-order valence-corrected chi connectivity index (χ2v) is 7.39. The van der Waals surface area contributed by atoms with Gasteiger partial charge in [-0.15, -0.1) is 0 Å². The quantitative estimate of drug-likeness (QED) is 0.894. The maximum Gasteiger partial charge on any atom is 0.226 e. The first-order chi connectivity index (χ1) is 10.9. The van der Waals surface area contributed by atoms with Crippen LogP contribution in [0.4, 0.5) is 0 Å². The Morgan fingerprint density at radius 1 is 1.43 bits per heavy atom. The standard InChI is InChI=1S/C17H26N4O2/c1-11(2)17(5-6-17)10-19-16(23)12-9-13(22)21(4)14(12)15-18-7-8-20(15)3/h7-8,11-12,14H,5-6,9-10H2,1-4H3,(H,19,23)/t12-,14-/m0/s1. The van der Waals surface area contributed by atoms with Crippen molar-refractivity contribution in [3.05, 3.63) is 18.2 Å². The van der Waals surface area contributed by atoms with Gasteiger partial charge in [0.25, 0.3) is 0 Å². The fourth-order valence-corrected chi connectivity index (χ4v) is 3.63. The molecule has 2 atom stereocenters. The SMILES string of the molecule is CC(C)C1(CNC(=O)[C@H]2CC(=O)N(C)[C@@H]2c2nccn2C)CC1. The molecule has 1 saturated carbocycles. The van der Waals surface area contributed by atoms with Crippen molar-refractivity contribution in [1.29, 1.82) is 0 Å². The zero-order valence-electron chi connectivity index (χ0n) is 14.4. The van der Waals surface area contributed by atoms with Crippen LogP contribution in [-0.2, 0) is 16.6 Å². The molecule has 0 aromatic carbocycles. The molecule has 6 nitrogen and oxygen atoms in total. The summed E-state index contributed by atoms with van der Waals surface area (Å²) in [6.45, 7) is 5.14. The number of aryl methyl sites for hydroxylation is 1. The number of nitrogens with one attached hydrogen (secondary N) is 1. The Labute approximate surface area is 137 Å². The van der Waals surface area contributed by atoms with Gasteiger partial charge in [-0.25, -0.2) is 4.98 Å². The molecule has 2 heterocycles. The number of imidazole rings is 1. The molecule has 2 aliphatic rings. The molecule has 2 amide bonds. The van der Waals surface area contributed by atoms with Crippen LogP contribution in [0.25, 0.3) is 0 Å². The van der Waals surface area contributed by atoms with Gasteiger partial charge in [0, 0.05) is 39.5 Å². The third-order valence-corrected chi connectivity index (χ3v) is 5.78. The minimum atomic E-state index is -0.364. The Kier molecular flexibility index (Phi) is 3.94. The third kappa shape index (κ3) is 2.75. The summed E-state index contributed by atoms with van der Waals surface area (Å²) in [6.07, 6.45) is 6.17. The van der Waals surface area contributed by atoms with Crippen molar-refractivity contribution < 1.29 is 9.59 Å². The van der Waals surface area contributed by atoms with Crippen molar-refractivity contribution >= 4 is 11.8 Å². The third-order valence-electron chi connectivity index (χ3n) is 5.78. The molecule has 0 spiro atoms. The van der Waals surface area contributed by atoms with Crippen LogP contribution < -0.4 is 5.32 Å². The van der Waals surface area contributed by atoms with E-state index in [1.807, 2.05) is 17.8 Å². The smallest absolute Gasteiger partial charge is 0.226 e. The average Bonchev–Trinajstić information content (AvgIpc) is 3.12. The highest BCUT2D eigenvalue weighted by Gasteiger charge is 2.48. The number of hydrogen-bond donors (Lipinski definition) is 1. The maximum absolute atomic E-state index is 12.7. The van der Waals surface area contributed by atoms with E-state index >= 15 is 0 Å². The fourth-order valence-electron chi connectivity index (χ4n) is 3.63. The van der Waals surface area contributed by atoms with Crippen LogP contribution in [0.5, 0.6) is 0 Å². The van der Waals surface area contributed by atoms with Gasteiger partial charge >= 0.3 is 0 Å². The number of hydrogen-bond acceptors (Lipinski definition) is 3. The van der Waals surface area contributed by atoms with Crippen LogP contribution in [0.1, 0.15) is 45.0 Å². The second kappa shape index (κ2) is 5.65. The van der Waals surface area contributed by atoms with Gasteiger partial charge in [-0.05, 0) is 24.2 Å². The number of amides is 2. The van der Waals surface area contributed by atoms with E-state index in [4.69, 9.17) is 0 Å². The minimum absolute atomic E-state index is 0.00291. The largest absolute Gasteiger partial charge is 0.355 e. The molecule has 1 aromatic rings. The van der Waals surface area contributed by atoms with Crippen molar-refractivity contribution in [3.8, 4) is 0 Å². The van der Waals surface area contributed by atoms with Crippen LogP contribution in [0.3, 0.4) is 0 Å². The van der Waals surface area contributed by atoms with Crippen molar-refractivity contribution in [2.75, 3.05) is 13.6 Å². The van der Waals surface area contributed by atoms with E-state index in [0.29, 0.717) is 12.5 Å². The summed E-state index contributed by atoms with van der Waals surface area (Å²) in [7, 11) is 3.65. The van der Waals surface area contributed by atoms with Crippen LogP contribution in [0.2, 0.25) is 0 Å². The molecule has 1 aromatic heterocycles. The van der Waals surface area contributed by atoms with Gasteiger partial charge in [-0.2, -0.15) is 0 Å². The summed E-state index contributed by atoms with van der Waals surface area (Å²) >= 11 is 0. The predicted octanol–water partition coefficient (Wildman–Crippen LogP) is 1.49. The molecular formula is C17H26N4O2. The van der Waals surface area contributed by atoms with Gasteiger partial charge < -0.3 is 14.8 Å². The molecular weight excluding hydrogens is 292 g/mol. The molecule has 3 rings (SSSR count). The van der Waals surface area contributed by atoms with Gasteiger partial charge in [0.15, 0.2) is 0 Å². The Morgan fingerprint density at radius 3 is 2.65 bits per heavy atom. The summed E-state index contributed by atoms with van der Waals surface area (Å²) in [5, 5.41) is 3.11. The zero-order valence-corrected chi connectivity index (χ0v) is 14.4. The molecule has 1 N–H and O–H groups in total. The molecule has 6 heteroatoms. The van der Waals surface area contributed by atoms with Crippen molar-refractivity contribution in [2.24, 2.45) is 24.3 Å². The van der Waals surface area contributed by atoms with Crippen LogP contribution in [-0.4, -0.2) is 39.9 Å². The lowest BCUT2D eigenvalue weighted by molar-refractivity contribution is -0.128. The summed E-state index contributed by atoms with van der Waals surface area (Å²) in [4.78, 5) is 30.9. The first-order valence-electron chi connectivity index (χ1n) is 8.36. The highest BCUT2D eigenvalue weighted by molar-refractivity contribution is 5.90. The van der Waals surface area contributed by atoms with Crippen molar-refractivity contribution in [1.82, 2.24) is 19.8 Å². The van der Waals surface area contributed by atoms with Crippen molar-refractivity contribution in [2.45, 2.75) is 39.2 Å². The Balaban J connectivity index is 1.73. The molecule has 1 aliphatic carbocycles. The Morgan fingerprint density at radius 2 is 2.13 bits per heavy atom. The average molecular weight is 318 g/mol. The van der Waals surface area contributed by atoms with Gasteiger partial charge in [-0.1, -0.05) is 13.8 Å². The lowest BCUT2D eigenvalue weighted by Gasteiger charge is -2.25. The van der Waals surface area contributed by atoms with Gasteiger partial charge in [0.05, 0.1) is 5.92 Å². The first kappa shape index (κ1) is 16.0. The number of likely N-dealkylation sites (tertiary alicyclic amines) is 1. The number of carbonyl (C=O) groups is 2. The van der Waals surface area contributed by atoms with E-state index in [-0.39, 0.29) is 35.6 Å². The first-order valence-corrected chi connectivity index (χ1v) is 8.36. The lowest BCUT2D eigenvalue weighted by Crippen LogP contribution is -2.39. The molecule has 1 aliphatic heterocycles. The summed E-state index contributed by atoms with van der Waals surface area (Å²) in [5.74, 6) is 0.951. The van der Waals surface area contributed by atoms with Crippen LogP contribution in [0.15, 0.2) is 12.4 Å². The number of aromatic nitrogens is 2. The molecule has 0 radical (unpaired) electrons. The van der Waals surface area contributed by atoms with Crippen LogP contribution >= 0.6 is 0 Å². The molecule has 126 valence electrons. The molecule has 23 heavy (non-hydrogen) atoms. The highest BCUT2D eigenvalue weighted by Crippen LogP contribution is 2.51.